The maximum atomic E-state index is 3.54. The van der Waals surface area contributed by atoms with Crippen LogP contribution in [0.3, 0.4) is 0 Å². The Hall–Kier alpha value is -0.860. The van der Waals surface area contributed by atoms with Gasteiger partial charge in [-0.1, -0.05) is 18.2 Å². The lowest BCUT2D eigenvalue weighted by Crippen LogP contribution is -2.28. The Bertz CT molecular complexity index is 332. The topological polar surface area (TPSA) is 15.3 Å². The molecule has 1 aromatic carbocycles. The molecule has 0 heterocycles. The molecule has 0 aromatic heterocycles. The van der Waals surface area contributed by atoms with Gasteiger partial charge in [0, 0.05) is 19.1 Å². The highest BCUT2D eigenvalue weighted by atomic mass is 15.1. The van der Waals surface area contributed by atoms with Crippen molar-refractivity contribution < 1.29 is 0 Å². The minimum atomic E-state index is 0.430. The molecule has 0 aliphatic carbocycles. The van der Waals surface area contributed by atoms with Gasteiger partial charge in [-0.15, -0.1) is 0 Å². The second-order valence-corrected chi connectivity index (χ2v) is 4.82. The average Bonchev–Trinajstić information content (AvgIpc) is 2.21. The summed E-state index contributed by atoms with van der Waals surface area (Å²) in [7, 11) is 4.20. The summed E-state index contributed by atoms with van der Waals surface area (Å²) in [4.78, 5) is 2.19. The molecule has 1 aromatic rings. The first-order valence-corrected chi connectivity index (χ1v) is 5.96. The second kappa shape index (κ2) is 6.02. The van der Waals surface area contributed by atoms with Gasteiger partial charge in [0.15, 0.2) is 0 Å². The van der Waals surface area contributed by atoms with Crippen molar-refractivity contribution in [2.75, 3.05) is 27.2 Å². The molecule has 1 rings (SSSR count). The van der Waals surface area contributed by atoms with Gasteiger partial charge in [0.1, 0.15) is 0 Å². The Morgan fingerprint density at radius 2 is 1.88 bits per heavy atom. The van der Waals surface area contributed by atoms with Crippen molar-refractivity contribution in [3.05, 3.63) is 34.9 Å². The zero-order chi connectivity index (χ0) is 12.1. The van der Waals surface area contributed by atoms with Crippen molar-refractivity contribution >= 4 is 0 Å². The van der Waals surface area contributed by atoms with Gasteiger partial charge in [0.2, 0.25) is 0 Å². The number of aryl methyl sites for hydroxylation is 2. The van der Waals surface area contributed by atoms with E-state index in [1.807, 2.05) is 0 Å². The van der Waals surface area contributed by atoms with Crippen LogP contribution >= 0.6 is 0 Å². The predicted octanol–water partition coefficient (Wildman–Crippen LogP) is 2.52. The molecule has 0 bridgehead atoms. The van der Waals surface area contributed by atoms with Gasteiger partial charge < -0.3 is 10.2 Å². The van der Waals surface area contributed by atoms with Crippen LogP contribution in [0.2, 0.25) is 0 Å². The van der Waals surface area contributed by atoms with E-state index in [2.05, 4.69) is 63.3 Å². The van der Waals surface area contributed by atoms with Gasteiger partial charge in [0.25, 0.3) is 0 Å². The van der Waals surface area contributed by atoms with E-state index in [9.17, 15) is 0 Å². The molecule has 0 aliphatic heterocycles. The summed E-state index contributed by atoms with van der Waals surface area (Å²) in [6.45, 7) is 8.66. The first-order valence-electron chi connectivity index (χ1n) is 5.96. The molecule has 0 fully saturated rings. The third kappa shape index (κ3) is 3.95. The van der Waals surface area contributed by atoms with Crippen LogP contribution in [0.25, 0.3) is 0 Å². The SMILES string of the molecule is Cc1ccc(C(C)NCCN(C)C)cc1C. The fraction of sp³-hybridized carbons (Fsp3) is 0.571. The number of hydrogen-bond donors (Lipinski definition) is 1. The van der Waals surface area contributed by atoms with Crippen LogP contribution in [0.5, 0.6) is 0 Å². The van der Waals surface area contributed by atoms with E-state index in [1.54, 1.807) is 0 Å². The number of nitrogens with zero attached hydrogens (tertiary/aromatic N) is 1. The highest BCUT2D eigenvalue weighted by molar-refractivity contribution is 5.31. The highest BCUT2D eigenvalue weighted by Gasteiger charge is 2.05. The Labute approximate surface area is 99.7 Å². The summed E-state index contributed by atoms with van der Waals surface area (Å²) in [6, 6.07) is 7.13. The minimum Gasteiger partial charge on any atom is -0.309 e. The zero-order valence-corrected chi connectivity index (χ0v) is 11.2. The monoisotopic (exact) mass is 220 g/mol. The predicted molar refractivity (Wildman–Crippen MR) is 70.9 cm³/mol. The molecular formula is C14H24N2. The summed E-state index contributed by atoms with van der Waals surface area (Å²) < 4.78 is 0. The molecule has 0 radical (unpaired) electrons. The molecule has 1 N–H and O–H groups in total. The van der Waals surface area contributed by atoms with Gasteiger partial charge in [-0.05, 0) is 51.6 Å². The lowest BCUT2D eigenvalue weighted by Gasteiger charge is -2.17. The highest BCUT2D eigenvalue weighted by Crippen LogP contribution is 2.16. The van der Waals surface area contributed by atoms with Crippen molar-refractivity contribution in [2.45, 2.75) is 26.8 Å². The second-order valence-electron chi connectivity index (χ2n) is 4.82. The largest absolute Gasteiger partial charge is 0.309 e. The molecule has 1 atom stereocenters. The third-order valence-corrected chi connectivity index (χ3v) is 3.04. The van der Waals surface area contributed by atoms with Gasteiger partial charge >= 0.3 is 0 Å². The summed E-state index contributed by atoms with van der Waals surface area (Å²) >= 11 is 0. The maximum absolute atomic E-state index is 3.54. The average molecular weight is 220 g/mol. The smallest absolute Gasteiger partial charge is 0.0292 e. The van der Waals surface area contributed by atoms with Gasteiger partial charge in [-0.3, -0.25) is 0 Å². The van der Waals surface area contributed by atoms with Crippen molar-refractivity contribution in [2.24, 2.45) is 0 Å². The third-order valence-electron chi connectivity index (χ3n) is 3.04. The molecule has 0 aliphatic rings. The molecule has 1 unspecified atom stereocenters. The fourth-order valence-corrected chi connectivity index (χ4v) is 1.66. The molecule has 0 spiro atoms. The number of likely N-dealkylation sites (N-methyl/N-ethyl adjacent to an activating group) is 1. The van der Waals surface area contributed by atoms with Crippen LogP contribution in [0.1, 0.15) is 29.7 Å². The normalized spacial score (nSPS) is 13.1. The van der Waals surface area contributed by atoms with Crippen LogP contribution in [-0.4, -0.2) is 32.1 Å². The van der Waals surface area contributed by atoms with Crippen LogP contribution < -0.4 is 5.32 Å². The van der Waals surface area contributed by atoms with Crippen molar-refractivity contribution in [1.82, 2.24) is 10.2 Å². The lowest BCUT2D eigenvalue weighted by atomic mass is 10.0. The molecule has 16 heavy (non-hydrogen) atoms. The van der Waals surface area contributed by atoms with E-state index < -0.39 is 0 Å². The van der Waals surface area contributed by atoms with E-state index in [0.717, 1.165) is 13.1 Å². The number of nitrogens with one attached hydrogen (secondary N) is 1. The van der Waals surface area contributed by atoms with Crippen LogP contribution in [-0.2, 0) is 0 Å². The van der Waals surface area contributed by atoms with Crippen molar-refractivity contribution in [3.63, 3.8) is 0 Å². The van der Waals surface area contributed by atoms with Gasteiger partial charge in [0.05, 0.1) is 0 Å². The first-order chi connectivity index (χ1) is 7.50. The van der Waals surface area contributed by atoms with Gasteiger partial charge in [-0.2, -0.15) is 0 Å². The van der Waals surface area contributed by atoms with Crippen LogP contribution in [0.4, 0.5) is 0 Å². The van der Waals surface area contributed by atoms with Crippen LogP contribution in [0, 0.1) is 13.8 Å². The molecule has 0 saturated heterocycles. The van der Waals surface area contributed by atoms with E-state index in [4.69, 9.17) is 0 Å². The molecule has 0 amide bonds. The van der Waals surface area contributed by atoms with Gasteiger partial charge in [-0.25, -0.2) is 0 Å². The van der Waals surface area contributed by atoms with E-state index in [0.29, 0.717) is 6.04 Å². The summed E-state index contributed by atoms with van der Waals surface area (Å²) in [5, 5.41) is 3.54. The Morgan fingerprint density at radius 1 is 1.19 bits per heavy atom. The summed E-state index contributed by atoms with van der Waals surface area (Å²) in [5.74, 6) is 0. The molecular weight excluding hydrogens is 196 g/mol. The number of hydrogen-bond acceptors (Lipinski definition) is 2. The minimum absolute atomic E-state index is 0.430. The first kappa shape index (κ1) is 13.2. The molecule has 2 heteroatoms. The standard InChI is InChI=1S/C14H24N2/c1-11-6-7-14(10-12(11)2)13(3)15-8-9-16(4)5/h6-7,10,13,15H,8-9H2,1-5H3. The van der Waals surface area contributed by atoms with E-state index >= 15 is 0 Å². The lowest BCUT2D eigenvalue weighted by molar-refractivity contribution is 0.389. The van der Waals surface area contributed by atoms with Crippen molar-refractivity contribution in [3.8, 4) is 0 Å². The number of benzene rings is 1. The molecule has 0 saturated carbocycles. The van der Waals surface area contributed by atoms with E-state index in [1.165, 1.54) is 16.7 Å². The van der Waals surface area contributed by atoms with Crippen molar-refractivity contribution in [1.29, 1.82) is 0 Å². The fourth-order valence-electron chi connectivity index (χ4n) is 1.66. The van der Waals surface area contributed by atoms with E-state index in [-0.39, 0.29) is 0 Å². The Balaban J connectivity index is 2.52. The quantitative estimate of drug-likeness (QED) is 0.820. The molecule has 2 nitrogen and oxygen atoms in total. The summed E-state index contributed by atoms with van der Waals surface area (Å²) in [6.07, 6.45) is 0. The van der Waals surface area contributed by atoms with Crippen LogP contribution in [0.15, 0.2) is 18.2 Å². The molecule has 90 valence electrons. The zero-order valence-electron chi connectivity index (χ0n) is 11.2. The Kier molecular flexibility index (Phi) is 4.97. The number of rotatable bonds is 5. The summed E-state index contributed by atoms with van der Waals surface area (Å²) in [5.41, 5.74) is 4.12. The Morgan fingerprint density at radius 3 is 2.44 bits per heavy atom. The maximum Gasteiger partial charge on any atom is 0.0292 e.